The summed E-state index contributed by atoms with van der Waals surface area (Å²) in [6.45, 7) is 0.776. The molecule has 3 amide bonds. The van der Waals surface area contributed by atoms with Crippen LogP contribution in [0.4, 0.5) is 0 Å². The largest absolute Gasteiger partial charge is 0.496 e. The monoisotopic (exact) mass is 608 g/mol. The van der Waals surface area contributed by atoms with Gasteiger partial charge in [0.1, 0.15) is 24.1 Å². The number of H-pyrrole nitrogens is 1. The highest BCUT2D eigenvalue weighted by molar-refractivity contribution is 6.02. The number of ketones is 1. The van der Waals surface area contributed by atoms with Gasteiger partial charge >= 0.3 is 0 Å². The van der Waals surface area contributed by atoms with E-state index in [-0.39, 0.29) is 50.2 Å². The first-order chi connectivity index (χ1) is 21.9. The van der Waals surface area contributed by atoms with Crippen LogP contribution in [0.1, 0.15) is 40.0 Å². The predicted octanol–water partition coefficient (Wildman–Crippen LogP) is 3.54. The van der Waals surface area contributed by atoms with Crippen molar-refractivity contribution in [3.05, 3.63) is 101 Å². The minimum Gasteiger partial charge on any atom is -0.496 e. The topological polar surface area (TPSA) is 130 Å². The van der Waals surface area contributed by atoms with Gasteiger partial charge in [-0.15, -0.1) is 0 Å². The summed E-state index contributed by atoms with van der Waals surface area (Å²) in [5.41, 5.74) is 3.91. The van der Waals surface area contributed by atoms with Gasteiger partial charge in [-0.25, -0.2) is 0 Å². The molecule has 10 nitrogen and oxygen atoms in total. The van der Waals surface area contributed by atoms with E-state index < -0.39 is 23.9 Å². The molecule has 4 aromatic rings. The number of Topliss-reactive ketones (excluding diaryl/α,β-unsaturated/α-hetero) is 1. The lowest BCUT2D eigenvalue weighted by atomic mass is 9.92. The molecular formula is C35H36N4O6. The number of rotatable bonds is 11. The number of nitrogens with one attached hydrogen (secondary N) is 3. The lowest BCUT2D eigenvalue weighted by Gasteiger charge is -2.36. The van der Waals surface area contributed by atoms with Gasteiger partial charge in [-0.3, -0.25) is 19.2 Å². The number of amides is 3. The van der Waals surface area contributed by atoms with E-state index in [9.17, 15) is 19.2 Å². The molecule has 45 heavy (non-hydrogen) atoms. The number of carbonyl (C=O) groups excluding carboxylic acids is 4. The molecule has 0 bridgehead atoms. The van der Waals surface area contributed by atoms with Gasteiger partial charge in [0.25, 0.3) is 5.91 Å². The number of ether oxygens (including phenoxy) is 2. The lowest BCUT2D eigenvalue weighted by Crippen LogP contribution is -2.56. The molecule has 3 heterocycles. The van der Waals surface area contributed by atoms with Crippen LogP contribution in [-0.2, 0) is 38.7 Å². The molecule has 1 aromatic heterocycles. The van der Waals surface area contributed by atoms with E-state index >= 15 is 0 Å². The number of hydrogen-bond donors (Lipinski definition) is 3. The number of benzene rings is 3. The van der Waals surface area contributed by atoms with Crippen LogP contribution >= 0.6 is 0 Å². The van der Waals surface area contributed by atoms with Crippen molar-refractivity contribution in [2.75, 3.05) is 20.3 Å². The summed E-state index contributed by atoms with van der Waals surface area (Å²) in [5.74, 6) is -1.02. The summed E-state index contributed by atoms with van der Waals surface area (Å²) >= 11 is 0. The number of methoxy groups -OCH3 is 1. The van der Waals surface area contributed by atoms with Gasteiger partial charge in [0.2, 0.25) is 11.8 Å². The number of hydrogen-bond acceptors (Lipinski definition) is 6. The van der Waals surface area contributed by atoms with Gasteiger partial charge in [0.05, 0.1) is 19.8 Å². The van der Waals surface area contributed by atoms with Gasteiger partial charge in [-0.2, -0.15) is 0 Å². The summed E-state index contributed by atoms with van der Waals surface area (Å²) in [5, 5.41) is 6.49. The average Bonchev–Trinajstić information content (AvgIpc) is 3.69. The summed E-state index contributed by atoms with van der Waals surface area (Å²) in [7, 11) is 1.57. The third-order valence-electron chi connectivity index (χ3n) is 8.63. The molecule has 1 saturated heterocycles. The van der Waals surface area contributed by atoms with Crippen molar-refractivity contribution in [3.63, 3.8) is 0 Å². The minimum atomic E-state index is -0.950. The van der Waals surface area contributed by atoms with E-state index in [1.54, 1.807) is 18.1 Å². The molecule has 3 N–H and O–H groups in total. The molecule has 2 aliphatic rings. The second-order valence-corrected chi connectivity index (χ2v) is 11.5. The maximum Gasteiger partial charge on any atom is 0.271 e. The van der Waals surface area contributed by atoms with Crippen LogP contribution in [0.2, 0.25) is 0 Å². The Labute approximate surface area is 261 Å². The molecule has 0 spiro atoms. The highest BCUT2D eigenvalue weighted by atomic mass is 16.5. The minimum absolute atomic E-state index is 0.134. The Hall–Kier alpha value is -4.96. The Balaban J connectivity index is 1.24. The van der Waals surface area contributed by atoms with Crippen molar-refractivity contribution < 1.29 is 28.7 Å². The van der Waals surface area contributed by atoms with Gasteiger partial charge < -0.3 is 30.0 Å². The van der Waals surface area contributed by atoms with E-state index in [0.717, 1.165) is 27.6 Å². The first-order valence-corrected chi connectivity index (χ1v) is 15.2. The second kappa shape index (κ2) is 13.4. The molecule has 10 heteroatoms. The molecule has 3 atom stereocenters. The summed E-state index contributed by atoms with van der Waals surface area (Å²) in [6, 6.07) is 22.7. The SMILES string of the molecule is COc1cccc2[nH]c(C(=O)N3Cc4ccccc4C[C@H]3C(=O)N[C@@H](C[C@@H]3CCNC3=O)C(=O)COCc3ccccc3)cc12. The molecule has 0 saturated carbocycles. The zero-order chi connectivity index (χ0) is 31.3. The van der Waals surface area contributed by atoms with Crippen molar-refractivity contribution >= 4 is 34.4 Å². The van der Waals surface area contributed by atoms with Gasteiger partial charge in [0, 0.05) is 36.3 Å². The molecule has 3 aromatic carbocycles. The molecule has 1 fully saturated rings. The van der Waals surface area contributed by atoms with Crippen molar-refractivity contribution in [2.45, 2.75) is 44.5 Å². The van der Waals surface area contributed by atoms with E-state index in [4.69, 9.17) is 9.47 Å². The smallest absolute Gasteiger partial charge is 0.271 e. The Kier molecular flexibility index (Phi) is 8.93. The molecular weight excluding hydrogens is 572 g/mol. The third kappa shape index (κ3) is 6.61. The quantitative estimate of drug-likeness (QED) is 0.239. The highest BCUT2D eigenvalue weighted by Crippen LogP contribution is 2.30. The summed E-state index contributed by atoms with van der Waals surface area (Å²) in [4.78, 5) is 58.8. The van der Waals surface area contributed by atoms with Gasteiger partial charge in [-0.05, 0) is 47.7 Å². The van der Waals surface area contributed by atoms with Crippen molar-refractivity contribution in [2.24, 2.45) is 5.92 Å². The van der Waals surface area contributed by atoms with E-state index in [1.165, 1.54) is 0 Å². The normalized spacial score (nSPS) is 18.2. The van der Waals surface area contributed by atoms with Crippen LogP contribution in [0.3, 0.4) is 0 Å². The first-order valence-electron chi connectivity index (χ1n) is 15.2. The van der Waals surface area contributed by atoms with Crippen molar-refractivity contribution in [1.82, 2.24) is 20.5 Å². The fraction of sp³-hybridized carbons (Fsp3) is 0.314. The van der Waals surface area contributed by atoms with Crippen LogP contribution < -0.4 is 15.4 Å². The molecule has 232 valence electrons. The molecule has 0 unspecified atom stereocenters. The van der Waals surface area contributed by atoms with Crippen LogP contribution in [-0.4, -0.2) is 65.7 Å². The van der Waals surface area contributed by atoms with Crippen LogP contribution in [0.25, 0.3) is 10.9 Å². The van der Waals surface area contributed by atoms with E-state index in [2.05, 4.69) is 15.6 Å². The van der Waals surface area contributed by atoms with Crippen molar-refractivity contribution in [3.8, 4) is 5.75 Å². The van der Waals surface area contributed by atoms with Gasteiger partial charge in [-0.1, -0.05) is 60.7 Å². The number of nitrogens with zero attached hydrogens (tertiary/aromatic N) is 1. The van der Waals surface area contributed by atoms with Crippen LogP contribution in [0.5, 0.6) is 5.75 Å². The van der Waals surface area contributed by atoms with Crippen LogP contribution in [0.15, 0.2) is 78.9 Å². The van der Waals surface area contributed by atoms with Gasteiger partial charge in [0.15, 0.2) is 5.78 Å². The van der Waals surface area contributed by atoms with Crippen molar-refractivity contribution in [1.29, 1.82) is 0 Å². The number of aromatic amines is 1. The fourth-order valence-corrected chi connectivity index (χ4v) is 6.18. The summed E-state index contributed by atoms with van der Waals surface area (Å²) in [6.07, 6.45) is 1.02. The number of aromatic nitrogens is 1. The molecule has 0 radical (unpaired) electrons. The van der Waals surface area contributed by atoms with Crippen LogP contribution in [0, 0.1) is 5.92 Å². The van der Waals surface area contributed by atoms with E-state index in [1.807, 2.05) is 72.8 Å². The Morgan fingerprint density at radius 1 is 1.00 bits per heavy atom. The average molecular weight is 609 g/mol. The number of carbonyl (C=O) groups is 4. The summed E-state index contributed by atoms with van der Waals surface area (Å²) < 4.78 is 11.2. The lowest BCUT2D eigenvalue weighted by molar-refractivity contribution is -0.134. The third-order valence-corrected chi connectivity index (χ3v) is 8.63. The Morgan fingerprint density at radius 3 is 2.53 bits per heavy atom. The maximum absolute atomic E-state index is 14.1. The number of fused-ring (bicyclic) bond motifs is 2. The molecule has 2 aliphatic heterocycles. The highest BCUT2D eigenvalue weighted by Gasteiger charge is 2.38. The fourth-order valence-electron chi connectivity index (χ4n) is 6.18. The zero-order valence-corrected chi connectivity index (χ0v) is 25.1. The Morgan fingerprint density at radius 2 is 1.78 bits per heavy atom. The predicted molar refractivity (Wildman–Crippen MR) is 167 cm³/mol. The molecule has 6 rings (SSSR count). The maximum atomic E-state index is 14.1. The Bertz CT molecular complexity index is 1720. The zero-order valence-electron chi connectivity index (χ0n) is 25.1. The van der Waals surface area contributed by atoms with E-state index in [0.29, 0.717) is 24.4 Å². The molecule has 0 aliphatic carbocycles. The second-order valence-electron chi connectivity index (χ2n) is 11.5. The first kappa shape index (κ1) is 30.1. The standard InChI is InChI=1S/C35H36N4O6/c1-44-32-13-7-12-27-26(32)18-29(37-27)35(43)39-19-25-11-6-5-10-23(25)17-30(39)34(42)38-28(16-24-14-15-36-33(24)41)31(40)21-45-20-22-8-3-2-4-9-22/h2-13,18,24,28,30,37H,14-17,19-21H2,1H3,(H,36,41)(H,38,42)/t24-,28-,30-/m0/s1.